The molecule has 0 radical (unpaired) electrons. The van der Waals surface area contributed by atoms with E-state index in [9.17, 15) is 4.79 Å². The molecule has 0 fully saturated rings. The van der Waals surface area contributed by atoms with E-state index in [0.29, 0.717) is 5.56 Å². The summed E-state index contributed by atoms with van der Waals surface area (Å²) in [6, 6.07) is 7.62. The number of furan rings is 1. The molecule has 0 saturated carbocycles. The van der Waals surface area contributed by atoms with Gasteiger partial charge in [0, 0.05) is 5.69 Å². The summed E-state index contributed by atoms with van der Waals surface area (Å²) in [5, 5.41) is 3.06. The molecule has 0 aliphatic heterocycles. The predicted octanol–water partition coefficient (Wildman–Crippen LogP) is 4.31. The van der Waals surface area contributed by atoms with Gasteiger partial charge in [0.2, 0.25) is 5.22 Å². The molecule has 0 atom stereocenters. The summed E-state index contributed by atoms with van der Waals surface area (Å²) in [6.45, 7) is 4.13. The number of halogens is 1. The molecular formula is C15H16ClNO2. The zero-order chi connectivity index (χ0) is 13.8. The van der Waals surface area contributed by atoms with Crippen LogP contribution in [0.2, 0.25) is 5.22 Å². The number of amides is 1. The van der Waals surface area contributed by atoms with E-state index in [2.05, 4.69) is 19.2 Å². The predicted molar refractivity (Wildman–Crippen MR) is 76.9 cm³/mol. The number of aryl methyl sites for hydroxylation is 2. The van der Waals surface area contributed by atoms with Crippen molar-refractivity contribution < 1.29 is 9.21 Å². The largest absolute Gasteiger partial charge is 0.452 e. The lowest BCUT2D eigenvalue weighted by atomic mass is 10.0. The molecule has 0 aliphatic rings. The molecule has 1 amide bonds. The molecule has 1 N–H and O–H groups in total. The Morgan fingerprint density at radius 3 is 2.32 bits per heavy atom. The van der Waals surface area contributed by atoms with Crippen LogP contribution in [-0.2, 0) is 12.8 Å². The maximum Gasteiger partial charge on any atom is 0.260 e. The van der Waals surface area contributed by atoms with Crippen LogP contribution in [0.1, 0.15) is 35.3 Å². The summed E-state index contributed by atoms with van der Waals surface area (Å²) in [7, 11) is 0. The molecule has 100 valence electrons. The molecule has 2 rings (SSSR count). The average Bonchev–Trinajstić information content (AvgIpc) is 2.85. The van der Waals surface area contributed by atoms with Gasteiger partial charge in [-0.2, -0.15) is 0 Å². The van der Waals surface area contributed by atoms with Gasteiger partial charge in [-0.15, -0.1) is 0 Å². The van der Waals surface area contributed by atoms with Crippen molar-refractivity contribution in [2.24, 2.45) is 0 Å². The van der Waals surface area contributed by atoms with Crippen LogP contribution >= 0.6 is 11.6 Å². The van der Waals surface area contributed by atoms with Gasteiger partial charge in [-0.05, 0) is 41.6 Å². The van der Waals surface area contributed by atoms with Gasteiger partial charge < -0.3 is 9.73 Å². The third kappa shape index (κ3) is 2.82. The SMILES string of the molecule is CCc1cccc(CC)c1NC(=O)c1ccoc1Cl. The van der Waals surface area contributed by atoms with E-state index in [1.54, 1.807) is 6.07 Å². The first-order valence-corrected chi connectivity index (χ1v) is 6.70. The highest BCUT2D eigenvalue weighted by atomic mass is 35.5. The van der Waals surface area contributed by atoms with Crippen LogP contribution in [-0.4, -0.2) is 5.91 Å². The summed E-state index contributed by atoms with van der Waals surface area (Å²) >= 11 is 5.82. The van der Waals surface area contributed by atoms with Gasteiger partial charge >= 0.3 is 0 Å². The monoisotopic (exact) mass is 277 g/mol. The Hall–Kier alpha value is -1.74. The fourth-order valence-corrected chi connectivity index (χ4v) is 2.24. The first kappa shape index (κ1) is 13.7. The normalized spacial score (nSPS) is 10.5. The summed E-state index contributed by atoms with van der Waals surface area (Å²) in [5.74, 6) is -0.241. The topological polar surface area (TPSA) is 42.2 Å². The Bertz CT molecular complexity index is 567. The van der Waals surface area contributed by atoms with Gasteiger partial charge in [-0.1, -0.05) is 32.0 Å². The molecule has 0 unspecified atom stereocenters. The first-order chi connectivity index (χ1) is 9.17. The summed E-state index contributed by atoms with van der Waals surface area (Å²) in [4.78, 5) is 12.2. The van der Waals surface area contributed by atoms with Crippen LogP contribution in [0.3, 0.4) is 0 Å². The third-order valence-corrected chi connectivity index (χ3v) is 3.39. The van der Waals surface area contributed by atoms with Crippen molar-refractivity contribution in [1.82, 2.24) is 0 Å². The molecule has 1 heterocycles. The molecule has 3 nitrogen and oxygen atoms in total. The van der Waals surface area contributed by atoms with Crippen LogP contribution < -0.4 is 5.32 Å². The number of para-hydroxylation sites is 1. The van der Waals surface area contributed by atoms with E-state index in [-0.39, 0.29) is 11.1 Å². The highest BCUT2D eigenvalue weighted by Crippen LogP contribution is 2.25. The maximum absolute atomic E-state index is 12.2. The lowest BCUT2D eigenvalue weighted by Gasteiger charge is -2.13. The number of nitrogens with one attached hydrogen (secondary N) is 1. The minimum absolute atomic E-state index is 0.115. The van der Waals surface area contributed by atoms with Crippen molar-refractivity contribution in [2.75, 3.05) is 5.32 Å². The Kier molecular flexibility index (Phi) is 4.27. The molecule has 0 saturated heterocycles. The number of hydrogen-bond acceptors (Lipinski definition) is 2. The molecule has 4 heteroatoms. The number of anilines is 1. The van der Waals surface area contributed by atoms with Crippen molar-refractivity contribution >= 4 is 23.2 Å². The van der Waals surface area contributed by atoms with E-state index in [0.717, 1.165) is 29.7 Å². The highest BCUT2D eigenvalue weighted by Gasteiger charge is 2.15. The Morgan fingerprint density at radius 1 is 1.21 bits per heavy atom. The minimum atomic E-state index is -0.241. The average molecular weight is 278 g/mol. The fourth-order valence-electron chi connectivity index (χ4n) is 2.04. The second-order valence-corrected chi connectivity index (χ2v) is 4.56. The molecule has 2 aromatic rings. The van der Waals surface area contributed by atoms with Gasteiger partial charge in [-0.25, -0.2) is 0 Å². The Labute approximate surface area is 117 Å². The van der Waals surface area contributed by atoms with E-state index >= 15 is 0 Å². The van der Waals surface area contributed by atoms with Crippen molar-refractivity contribution in [3.63, 3.8) is 0 Å². The summed E-state index contributed by atoms with van der Waals surface area (Å²) in [5.41, 5.74) is 3.48. The van der Waals surface area contributed by atoms with E-state index in [1.165, 1.54) is 6.26 Å². The summed E-state index contributed by atoms with van der Waals surface area (Å²) < 4.78 is 4.94. The third-order valence-electron chi connectivity index (χ3n) is 3.10. The molecule has 0 spiro atoms. The molecule has 1 aromatic heterocycles. The maximum atomic E-state index is 12.2. The van der Waals surface area contributed by atoms with Crippen LogP contribution in [0.4, 0.5) is 5.69 Å². The quantitative estimate of drug-likeness (QED) is 0.905. The van der Waals surface area contributed by atoms with E-state index in [1.807, 2.05) is 18.2 Å². The number of benzene rings is 1. The number of carbonyl (C=O) groups is 1. The molecular weight excluding hydrogens is 262 g/mol. The van der Waals surface area contributed by atoms with Crippen LogP contribution in [0.5, 0.6) is 0 Å². The van der Waals surface area contributed by atoms with Crippen molar-refractivity contribution in [3.8, 4) is 0 Å². The van der Waals surface area contributed by atoms with Crippen LogP contribution in [0.25, 0.3) is 0 Å². The Morgan fingerprint density at radius 2 is 1.84 bits per heavy atom. The lowest BCUT2D eigenvalue weighted by Crippen LogP contribution is -2.14. The molecule has 1 aromatic carbocycles. The summed E-state index contributed by atoms with van der Waals surface area (Å²) in [6.07, 6.45) is 3.13. The minimum Gasteiger partial charge on any atom is -0.452 e. The smallest absolute Gasteiger partial charge is 0.260 e. The van der Waals surface area contributed by atoms with E-state index < -0.39 is 0 Å². The van der Waals surface area contributed by atoms with Crippen molar-refractivity contribution in [1.29, 1.82) is 0 Å². The second kappa shape index (κ2) is 5.93. The zero-order valence-electron chi connectivity index (χ0n) is 11.0. The number of rotatable bonds is 4. The van der Waals surface area contributed by atoms with Gasteiger partial charge in [0.25, 0.3) is 5.91 Å². The van der Waals surface area contributed by atoms with Gasteiger partial charge in [0.05, 0.1) is 11.8 Å². The molecule has 0 aliphatic carbocycles. The standard InChI is InChI=1S/C15H16ClNO2/c1-3-10-6-5-7-11(4-2)13(10)17-15(18)12-8-9-19-14(12)16/h5-9H,3-4H2,1-2H3,(H,17,18). The van der Waals surface area contributed by atoms with Crippen molar-refractivity contribution in [3.05, 3.63) is 52.4 Å². The van der Waals surface area contributed by atoms with E-state index in [4.69, 9.17) is 16.0 Å². The van der Waals surface area contributed by atoms with Crippen LogP contribution in [0.15, 0.2) is 34.9 Å². The fraction of sp³-hybridized carbons (Fsp3) is 0.267. The Balaban J connectivity index is 2.33. The number of hydrogen-bond donors (Lipinski definition) is 1. The van der Waals surface area contributed by atoms with Crippen molar-refractivity contribution in [2.45, 2.75) is 26.7 Å². The van der Waals surface area contributed by atoms with Gasteiger partial charge in [0.15, 0.2) is 0 Å². The van der Waals surface area contributed by atoms with Gasteiger partial charge in [-0.3, -0.25) is 4.79 Å². The lowest BCUT2D eigenvalue weighted by molar-refractivity contribution is 0.102. The number of carbonyl (C=O) groups excluding carboxylic acids is 1. The second-order valence-electron chi connectivity index (χ2n) is 4.22. The molecule has 0 bridgehead atoms. The molecule has 19 heavy (non-hydrogen) atoms. The van der Waals surface area contributed by atoms with Crippen LogP contribution in [0, 0.1) is 0 Å². The zero-order valence-corrected chi connectivity index (χ0v) is 11.8. The van der Waals surface area contributed by atoms with Gasteiger partial charge in [0.1, 0.15) is 0 Å². The first-order valence-electron chi connectivity index (χ1n) is 6.32. The highest BCUT2D eigenvalue weighted by molar-refractivity contribution is 6.32.